The Morgan fingerprint density at radius 1 is 1.21 bits per heavy atom. The summed E-state index contributed by atoms with van der Waals surface area (Å²) in [7, 11) is 4.05. The van der Waals surface area contributed by atoms with Crippen LogP contribution in [0.3, 0.4) is 0 Å². The summed E-state index contributed by atoms with van der Waals surface area (Å²) in [5, 5.41) is 3.16. The minimum absolute atomic E-state index is 0.810. The summed E-state index contributed by atoms with van der Waals surface area (Å²) in [6.07, 6.45) is 0.950. The monoisotopic (exact) mass is 257 g/mol. The van der Waals surface area contributed by atoms with Gasteiger partial charge in [-0.05, 0) is 38.9 Å². The third-order valence-electron chi connectivity index (χ3n) is 3.70. The topological polar surface area (TPSA) is 29.9 Å². The third kappa shape index (κ3) is 2.87. The van der Waals surface area contributed by atoms with Crippen LogP contribution < -0.4 is 5.32 Å². The van der Waals surface area contributed by atoms with E-state index in [1.165, 1.54) is 22.4 Å². The molecule has 0 bridgehead atoms. The van der Waals surface area contributed by atoms with Gasteiger partial charge in [-0.3, -0.25) is 0 Å². The lowest BCUT2D eigenvalue weighted by atomic mass is 10.0. The van der Waals surface area contributed by atoms with Gasteiger partial charge in [0.15, 0.2) is 0 Å². The van der Waals surface area contributed by atoms with Gasteiger partial charge < -0.3 is 9.88 Å². The first-order valence-corrected chi connectivity index (χ1v) is 6.74. The molecule has 2 aromatic rings. The second kappa shape index (κ2) is 5.57. The van der Waals surface area contributed by atoms with E-state index in [9.17, 15) is 0 Å². The van der Waals surface area contributed by atoms with Crippen LogP contribution in [0.2, 0.25) is 0 Å². The van der Waals surface area contributed by atoms with Crippen molar-refractivity contribution in [1.29, 1.82) is 0 Å². The van der Waals surface area contributed by atoms with Crippen LogP contribution >= 0.6 is 0 Å². The second-order valence-corrected chi connectivity index (χ2v) is 5.26. The molecule has 2 rings (SSSR count). The molecule has 0 saturated heterocycles. The van der Waals surface area contributed by atoms with Gasteiger partial charge in [0.2, 0.25) is 0 Å². The molecule has 0 fully saturated rings. The Morgan fingerprint density at radius 3 is 2.58 bits per heavy atom. The Morgan fingerprint density at radius 2 is 1.95 bits per heavy atom. The van der Waals surface area contributed by atoms with Crippen molar-refractivity contribution >= 4 is 0 Å². The van der Waals surface area contributed by atoms with Crippen molar-refractivity contribution in [3.8, 4) is 0 Å². The minimum Gasteiger partial charge on any atom is -0.333 e. The van der Waals surface area contributed by atoms with Crippen molar-refractivity contribution in [2.24, 2.45) is 7.05 Å². The van der Waals surface area contributed by atoms with Crippen LogP contribution in [0, 0.1) is 20.8 Å². The Bertz CT molecular complexity index is 582. The SMILES string of the molecule is CNCc1nc(C)c(Cc2ccc(C)cc2C)n1C. The fraction of sp³-hybridized carbons (Fsp3) is 0.438. The molecule has 0 aliphatic heterocycles. The lowest BCUT2D eigenvalue weighted by Crippen LogP contribution is -2.11. The summed E-state index contributed by atoms with van der Waals surface area (Å²) in [6, 6.07) is 6.66. The summed E-state index contributed by atoms with van der Waals surface area (Å²) in [5.41, 5.74) is 6.49. The maximum absolute atomic E-state index is 4.64. The van der Waals surface area contributed by atoms with E-state index in [2.05, 4.69) is 60.9 Å². The van der Waals surface area contributed by atoms with E-state index < -0.39 is 0 Å². The molecule has 0 spiro atoms. The van der Waals surface area contributed by atoms with Gasteiger partial charge in [0.05, 0.1) is 12.2 Å². The number of rotatable bonds is 4. The van der Waals surface area contributed by atoms with Gasteiger partial charge in [-0.2, -0.15) is 0 Å². The zero-order valence-electron chi connectivity index (χ0n) is 12.5. The maximum Gasteiger partial charge on any atom is 0.122 e. The molecule has 1 heterocycles. The van der Waals surface area contributed by atoms with Gasteiger partial charge in [0, 0.05) is 19.2 Å². The molecule has 3 nitrogen and oxygen atoms in total. The first-order valence-electron chi connectivity index (χ1n) is 6.74. The van der Waals surface area contributed by atoms with Gasteiger partial charge >= 0.3 is 0 Å². The summed E-state index contributed by atoms with van der Waals surface area (Å²) >= 11 is 0. The van der Waals surface area contributed by atoms with E-state index in [0.29, 0.717) is 0 Å². The number of hydrogen-bond donors (Lipinski definition) is 1. The molecular weight excluding hydrogens is 234 g/mol. The quantitative estimate of drug-likeness (QED) is 0.912. The highest BCUT2D eigenvalue weighted by Crippen LogP contribution is 2.18. The molecule has 0 aliphatic carbocycles. The van der Waals surface area contributed by atoms with Crippen LogP contribution in [0.4, 0.5) is 0 Å². The normalized spacial score (nSPS) is 11.0. The Balaban J connectivity index is 2.33. The zero-order chi connectivity index (χ0) is 14.0. The van der Waals surface area contributed by atoms with E-state index >= 15 is 0 Å². The lowest BCUT2D eigenvalue weighted by molar-refractivity contribution is 0.695. The maximum atomic E-state index is 4.64. The molecule has 0 saturated carbocycles. The molecule has 3 heteroatoms. The van der Waals surface area contributed by atoms with Gasteiger partial charge in [-0.25, -0.2) is 4.98 Å². The van der Waals surface area contributed by atoms with Crippen molar-refractivity contribution in [2.45, 2.75) is 33.7 Å². The molecule has 1 N–H and O–H groups in total. The van der Waals surface area contributed by atoms with E-state index in [-0.39, 0.29) is 0 Å². The number of aryl methyl sites for hydroxylation is 3. The van der Waals surface area contributed by atoms with Crippen molar-refractivity contribution in [2.75, 3.05) is 7.05 Å². The Hall–Kier alpha value is -1.61. The van der Waals surface area contributed by atoms with E-state index in [1.54, 1.807) is 0 Å². The molecule has 19 heavy (non-hydrogen) atoms. The number of benzene rings is 1. The highest BCUT2D eigenvalue weighted by molar-refractivity contribution is 5.34. The van der Waals surface area contributed by atoms with Crippen LogP contribution in [-0.2, 0) is 20.0 Å². The molecule has 1 aromatic heterocycles. The summed E-state index contributed by atoms with van der Waals surface area (Å²) in [4.78, 5) is 4.64. The molecule has 0 aliphatic rings. The predicted molar refractivity (Wildman–Crippen MR) is 79.4 cm³/mol. The molecule has 0 radical (unpaired) electrons. The standard InChI is InChI=1S/C16H23N3/c1-11-6-7-14(12(2)8-11)9-15-13(3)18-16(10-17-4)19(15)5/h6-8,17H,9-10H2,1-5H3. The van der Waals surface area contributed by atoms with Gasteiger partial charge in [-0.15, -0.1) is 0 Å². The largest absolute Gasteiger partial charge is 0.333 e. The highest BCUT2D eigenvalue weighted by atomic mass is 15.1. The molecule has 1 aromatic carbocycles. The van der Waals surface area contributed by atoms with Crippen LogP contribution in [0.15, 0.2) is 18.2 Å². The fourth-order valence-electron chi connectivity index (χ4n) is 2.52. The van der Waals surface area contributed by atoms with Crippen molar-refractivity contribution in [1.82, 2.24) is 14.9 Å². The van der Waals surface area contributed by atoms with E-state index in [0.717, 1.165) is 24.5 Å². The average molecular weight is 257 g/mol. The molecule has 0 atom stereocenters. The first kappa shape index (κ1) is 13.8. The van der Waals surface area contributed by atoms with E-state index in [4.69, 9.17) is 0 Å². The van der Waals surface area contributed by atoms with E-state index in [1.807, 2.05) is 7.05 Å². The lowest BCUT2D eigenvalue weighted by Gasteiger charge is -2.09. The third-order valence-corrected chi connectivity index (χ3v) is 3.70. The van der Waals surface area contributed by atoms with Gasteiger partial charge in [-0.1, -0.05) is 23.8 Å². The average Bonchev–Trinajstić information content (AvgIpc) is 2.60. The molecule has 102 valence electrons. The van der Waals surface area contributed by atoms with Crippen LogP contribution in [0.1, 0.15) is 33.9 Å². The second-order valence-electron chi connectivity index (χ2n) is 5.26. The Labute approximate surface area is 115 Å². The Kier molecular flexibility index (Phi) is 4.05. The highest BCUT2D eigenvalue weighted by Gasteiger charge is 2.12. The van der Waals surface area contributed by atoms with Gasteiger partial charge in [0.25, 0.3) is 0 Å². The summed E-state index contributed by atoms with van der Waals surface area (Å²) in [6.45, 7) is 7.22. The number of nitrogens with one attached hydrogen (secondary N) is 1. The zero-order valence-corrected chi connectivity index (χ0v) is 12.5. The molecular formula is C16H23N3. The predicted octanol–water partition coefficient (Wildman–Crippen LogP) is 2.66. The first-order chi connectivity index (χ1) is 9.02. The van der Waals surface area contributed by atoms with Gasteiger partial charge in [0.1, 0.15) is 5.82 Å². The smallest absolute Gasteiger partial charge is 0.122 e. The van der Waals surface area contributed by atoms with Crippen molar-refractivity contribution in [3.05, 3.63) is 52.1 Å². The summed E-state index contributed by atoms with van der Waals surface area (Å²) in [5.74, 6) is 1.10. The van der Waals surface area contributed by atoms with Crippen LogP contribution in [0.5, 0.6) is 0 Å². The minimum atomic E-state index is 0.810. The fourth-order valence-corrected chi connectivity index (χ4v) is 2.52. The van der Waals surface area contributed by atoms with Crippen molar-refractivity contribution in [3.63, 3.8) is 0 Å². The molecule has 0 unspecified atom stereocenters. The van der Waals surface area contributed by atoms with Crippen LogP contribution in [0.25, 0.3) is 0 Å². The van der Waals surface area contributed by atoms with Crippen molar-refractivity contribution < 1.29 is 0 Å². The molecule has 0 amide bonds. The number of hydrogen-bond acceptors (Lipinski definition) is 2. The number of nitrogens with zero attached hydrogens (tertiary/aromatic N) is 2. The number of aromatic nitrogens is 2. The van der Waals surface area contributed by atoms with Crippen LogP contribution in [-0.4, -0.2) is 16.6 Å². The number of imidazole rings is 1. The summed E-state index contributed by atoms with van der Waals surface area (Å²) < 4.78 is 2.21.